The normalized spacial score (nSPS) is 23.5. The molecular formula is C18H21N3O5. The van der Waals surface area contributed by atoms with Gasteiger partial charge in [0.25, 0.3) is 5.91 Å². The van der Waals surface area contributed by atoms with E-state index in [0.29, 0.717) is 0 Å². The fourth-order valence-corrected chi connectivity index (χ4v) is 3.23. The highest BCUT2D eigenvalue weighted by Crippen LogP contribution is 2.42. The molecule has 8 heteroatoms. The lowest BCUT2D eigenvalue weighted by atomic mass is 9.96. The van der Waals surface area contributed by atoms with E-state index in [4.69, 9.17) is 0 Å². The van der Waals surface area contributed by atoms with Crippen molar-refractivity contribution in [1.29, 1.82) is 0 Å². The lowest BCUT2D eigenvalue weighted by Crippen LogP contribution is -2.49. The van der Waals surface area contributed by atoms with E-state index in [1.54, 1.807) is 31.2 Å². The number of imide groups is 1. The first-order chi connectivity index (χ1) is 12.3. The minimum atomic E-state index is -1.18. The molecule has 4 amide bonds. The zero-order valence-electron chi connectivity index (χ0n) is 14.4. The third-order valence-electron chi connectivity index (χ3n) is 4.91. The minimum absolute atomic E-state index is 0.0943. The first kappa shape index (κ1) is 17.9. The van der Waals surface area contributed by atoms with Crippen molar-refractivity contribution >= 4 is 23.8 Å². The van der Waals surface area contributed by atoms with Crippen LogP contribution in [0.4, 0.5) is 4.79 Å². The van der Waals surface area contributed by atoms with Gasteiger partial charge in [-0.05, 0) is 31.2 Å². The Morgan fingerprint density at radius 3 is 2.54 bits per heavy atom. The number of benzene rings is 1. The summed E-state index contributed by atoms with van der Waals surface area (Å²) in [7, 11) is 0. The van der Waals surface area contributed by atoms with Crippen LogP contribution < -0.4 is 10.6 Å². The number of amides is 4. The van der Waals surface area contributed by atoms with E-state index in [0.717, 1.165) is 23.3 Å². The molecule has 2 fully saturated rings. The lowest BCUT2D eigenvalue weighted by Gasteiger charge is -2.21. The first-order valence-electron chi connectivity index (χ1n) is 8.51. The van der Waals surface area contributed by atoms with Crippen LogP contribution in [0.1, 0.15) is 25.3 Å². The Morgan fingerprint density at radius 2 is 1.96 bits per heavy atom. The number of rotatable bonds is 7. The maximum atomic E-state index is 12.5. The maximum Gasteiger partial charge on any atom is 0.326 e. The van der Waals surface area contributed by atoms with E-state index in [2.05, 4.69) is 10.6 Å². The molecule has 0 spiro atoms. The van der Waals surface area contributed by atoms with Gasteiger partial charge in [-0.1, -0.05) is 30.3 Å². The SMILES string of the molecule is C[C@@]1(C2CC2)NC(=O)N(CC(=O)N[C@@H](Cc2ccccc2)C(=O)O)C1=O. The van der Waals surface area contributed by atoms with E-state index in [-0.39, 0.29) is 12.3 Å². The predicted octanol–water partition coefficient (Wildman–Crippen LogP) is 0.519. The topological polar surface area (TPSA) is 116 Å². The molecular weight excluding hydrogens is 338 g/mol. The number of hydrogen-bond donors (Lipinski definition) is 3. The highest BCUT2D eigenvalue weighted by atomic mass is 16.4. The van der Waals surface area contributed by atoms with Crippen LogP contribution >= 0.6 is 0 Å². The van der Waals surface area contributed by atoms with Crippen molar-refractivity contribution in [3.63, 3.8) is 0 Å². The van der Waals surface area contributed by atoms with Gasteiger partial charge in [0.15, 0.2) is 0 Å². The first-order valence-corrected chi connectivity index (χ1v) is 8.51. The van der Waals surface area contributed by atoms with Crippen molar-refractivity contribution in [3.05, 3.63) is 35.9 Å². The van der Waals surface area contributed by atoms with Gasteiger partial charge < -0.3 is 15.7 Å². The second kappa shape index (κ2) is 6.78. The Kier molecular flexibility index (Phi) is 4.67. The Morgan fingerprint density at radius 1 is 1.31 bits per heavy atom. The van der Waals surface area contributed by atoms with Gasteiger partial charge in [0.05, 0.1) is 0 Å². The number of carboxylic acid groups (broad SMARTS) is 1. The zero-order chi connectivity index (χ0) is 18.9. The number of nitrogens with zero attached hydrogens (tertiary/aromatic N) is 1. The van der Waals surface area contributed by atoms with Crippen LogP contribution in [-0.4, -0.2) is 51.9 Å². The second-order valence-electron chi connectivity index (χ2n) is 6.95. The fraction of sp³-hybridized carbons (Fsp3) is 0.444. The Balaban J connectivity index is 1.62. The van der Waals surface area contributed by atoms with Gasteiger partial charge in [0, 0.05) is 6.42 Å². The number of nitrogens with one attached hydrogen (secondary N) is 2. The molecule has 0 unspecified atom stereocenters. The van der Waals surface area contributed by atoms with Gasteiger partial charge in [-0.15, -0.1) is 0 Å². The van der Waals surface area contributed by atoms with Gasteiger partial charge >= 0.3 is 12.0 Å². The summed E-state index contributed by atoms with van der Waals surface area (Å²) in [5.41, 5.74) is -0.204. The summed E-state index contributed by atoms with van der Waals surface area (Å²) in [6.07, 6.45) is 1.84. The van der Waals surface area contributed by atoms with Gasteiger partial charge in [-0.3, -0.25) is 14.5 Å². The molecule has 1 saturated carbocycles. The van der Waals surface area contributed by atoms with Crippen LogP contribution in [0.5, 0.6) is 0 Å². The average Bonchev–Trinajstić information content (AvgIpc) is 3.41. The molecule has 1 aliphatic heterocycles. The van der Waals surface area contributed by atoms with Crippen molar-refractivity contribution < 1.29 is 24.3 Å². The van der Waals surface area contributed by atoms with Crippen molar-refractivity contribution in [2.24, 2.45) is 5.92 Å². The highest BCUT2D eigenvalue weighted by molar-refractivity contribution is 6.09. The summed E-state index contributed by atoms with van der Waals surface area (Å²) in [6.45, 7) is 1.17. The largest absolute Gasteiger partial charge is 0.480 e. The molecule has 1 saturated heterocycles. The number of hydrogen-bond acceptors (Lipinski definition) is 4. The molecule has 0 radical (unpaired) electrons. The highest BCUT2D eigenvalue weighted by Gasteiger charge is 2.56. The molecule has 0 aromatic heterocycles. The Hall–Kier alpha value is -2.90. The second-order valence-corrected chi connectivity index (χ2v) is 6.95. The summed E-state index contributed by atoms with van der Waals surface area (Å²) >= 11 is 0. The standard InChI is InChI=1S/C18H21N3O5/c1-18(12-7-8-12)16(25)21(17(26)20-18)10-14(22)19-13(15(23)24)9-11-5-3-2-4-6-11/h2-6,12-13H,7-10H2,1H3,(H,19,22)(H,20,26)(H,23,24)/t13-,18-/m0/s1. The third-order valence-corrected chi connectivity index (χ3v) is 4.91. The van der Waals surface area contributed by atoms with Gasteiger partial charge in [0.2, 0.25) is 5.91 Å². The van der Waals surface area contributed by atoms with E-state index < -0.39 is 41.9 Å². The van der Waals surface area contributed by atoms with Gasteiger partial charge in [0.1, 0.15) is 18.1 Å². The monoisotopic (exact) mass is 359 g/mol. The number of carbonyl (C=O) groups is 4. The molecule has 1 aromatic carbocycles. The average molecular weight is 359 g/mol. The van der Waals surface area contributed by atoms with Crippen molar-refractivity contribution in [2.75, 3.05) is 6.54 Å². The van der Waals surface area contributed by atoms with E-state index in [1.807, 2.05) is 6.07 Å². The van der Waals surface area contributed by atoms with Crippen LogP contribution in [0, 0.1) is 5.92 Å². The number of urea groups is 1. The Labute approximate surface area is 150 Å². The number of carbonyl (C=O) groups excluding carboxylic acids is 3. The van der Waals surface area contributed by atoms with Crippen molar-refractivity contribution in [3.8, 4) is 0 Å². The fourth-order valence-electron chi connectivity index (χ4n) is 3.23. The third kappa shape index (κ3) is 3.54. The molecule has 2 aliphatic rings. The summed E-state index contributed by atoms with van der Waals surface area (Å²) in [5, 5.41) is 14.4. The molecule has 3 N–H and O–H groups in total. The van der Waals surface area contributed by atoms with E-state index in [1.165, 1.54) is 0 Å². The minimum Gasteiger partial charge on any atom is -0.480 e. The summed E-state index contributed by atoms with van der Waals surface area (Å²) < 4.78 is 0. The van der Waals surface area contributed by atoms with Crippen LogP contribution in [0.15, 0.2) is 30.3 Å². The molecule has 0 bridgehead atoms. The molecule has 8 nitrogen and oxygen atoms in total. The molecule has 1 heterocycles. The molecule has 3 rings (SSSR count). The smallest absolute Gasteiger partial charge is 0.326 e. The van der Waals surface area contributed by atoms with Gasteiger partial charge in [-0.25, -0.2) is 9.59 Å². The Bertz CT molecular complexity index is 746. The quantitative estimate of drug-likeness (QED) is 0.614. The summed E-state index contributed by atoms with van der Waals surface area (Å²) in [6, 6.07) is 7.15. The lowest BCUT2D eigenvalue weighted by molar-refractivity contribution is -0.142. The zero-order valence-corrected chi connectivity index (χ0v) is 14.4. The van der Waals surface area contributed by atoms with Gasteiger partial charge in [-0.2, -0.15) is 0 Å². The molecule has 1 aliphatic carbocycles. The van der Waals surface area contributed by atoms with Crippen LogP contribution in [0.25, 0.3) is 0 Å². The number of carboxylic acids is 1. The van der Waals surface area contributed by atoms with E-state index >= 15 is 0 Å². The molecule has 2 atom stereocenters. The maximum absolute atomic E-state index is 12.5. The van der Waals surface area contributed by atoms with Crippen LogP contribution in [0.2, 0.25) is 0 Å². The van der Waals surface area contributed by atoms with Crippen LogP contribution in [-0.2, 0) is 20.8 Å². The number of aliphatic carboxylic acids is 1. The van der Waals surface area contributed by atoms with E-state index in [9.17, 15) is 24.3 Å². The predicted molar refractivity (Wildman–Crippen MR) is 91.1 cm³/mol. The molecule has 1 aromatic rings. The summed E-state index contributed by atoms with van der Waals surface area (Å²) in [4.78, 5) is 49.1. The summed E-state index contributed by atoms with van der Waals surface area (Å²) in [5.74, 6) is -2.20. The van der Waals surface area contributed by atoms with Crippen molar-refractivity contribution in [2.45, 2.75) is 37.8 Å². The molecule has 138 valence electrons. The van der Waals surface area contributed by atoms with Crippen molar-refractivity contribution in [1.82, 2.24) is 15.5 Å². The molecule has 26 heavy (non-hydrogen) atoms. The van der Waals surface area contributed by atoms with Crippen LogP contribution in [0.3, 0.4) is 0 Å².